The maximum Gasteiger partial charge on any atom is 0.203 e. The lowest BCUT2D eigenvalue weighted by molar-refractivity contribution is 0.439. The van der Waals surface area contributed by atoms with Crippen molar-refractivity contribution in [2.45, 2.75) is 0 Å². The third-order valence-corrected chi connectivity index (χ3v) is 2.24. The number of pyridine rings is 2. The first-order valence-corrected chi connectivity index (χ1v) is 4.97. The normalized spacial score (nSPS) is 9.35. The molecule has 1 N–H and O–H groups in total. The van der Waals surface area contributed by atoms with Crippen molar-refractivity contribution in [3.63, 3.8) is 0 Å². The summed E-state index contributed by atoms with van der Waals surface area (Å²) in [5.41, 5.74) is 1.80. The molecule has 4 nitrogen and oxygen atoms in total. The van der Waals surface area contributed by atoms with Gasteiger partial charge in [0.25, 0.3) is 0 Å². The monoisotopic (exact) mass is 223 g/mol. The molecule has 0 saturated heterocycles. The van der Waals surface area contributed by atoms with Crippen LogP contribution in [0.25, 0.3) is 5.57 Å². The number of aliphatic hydroxyl groups excluding tert-OH is 1. The summed E-state index contributed by atoms with van der Waals surface area (Å²) in [5, 5.41) is 18.5. The number of aliphatic hydroxyl groups is 1. The standard InChI is InChI=1S/C13H9N3O/c14-7-12(17)13(10-3-1-5-15-8-10)11-4-2-6-16-9-11/h1-6,8-9,17H. The van der Waals surface area contributed by atoms with Crippen LogP contribution in [0.4, 0.5) is 0 Å². The number of hydrogen-bond donors (Lipinski definition) is 1. The number of nitrogens with zero attached hydrogens (tertiary/aromatic N) is 3. The van der Waals surface area contributed by atoms with Crippen LogP contribution >= 0.6 is 0 Å². The number of allylic oxidation sites excluding steroid dienone is 1. The molecule has 2 rings (SSSR count). The molecule has 0 aliphatic carbocycles. The van der Waals surface area contributed by atoms with Gasteiger partial charge in [0.15, 0.2) is 0 Å². The molecule has 0 unspecified atom stereocenters. The van der Waals surface area contributed by atoms with Gasteiger partial charge in [0.2, 0.25) is 5.76 Å². The third-order valence-electron chi connectivity index (χ3n) is 2.24. The van der Waals surface area contributed by atoms with Crippen molar-refractivity contribution in [2.75, 3.05) is 0 Å². The summed E-state index contributed by atoms with van der Waals surface area (Å²) in [6, 6.07) is 8.80. The lowest BCUT2D eigenvalue weighted by Crippen LogP contribution is -1.94. The fourth-order valence-electron chi connectivity index (χ4n) is 1.52. The van der Waals surface area contributed by atoms with E-state index in [1.54, 1.807) is 55.1 Å². The molecule has 0 aliphatic rings. The predicted octanol–water partition coefficient (Wildman–Crippen LogP) is 2.32. The van der Waals surface area contributed by atoms with Crippen LogP contribution in [0.5, 0.6) is 0 Å². The molecule has 0 radical (unpaired) electrons. The molecule has 2 aromatic heterocycles. The van der Waals surface area contributed by atoms with E-state index in [-0.39, 0.29) is 5.76 Å². The van der Waals surface area contributed by atoms with Gasteiger partial charge in [0.05, 0.1) is 0 Å². The molecule has 82 valence electrons. The van der Waals surface area contributed by atoms with Gasteiger partial charge in [-0.1, -0.05) is 12.1 Å². The Morgan fingerprint density at radius 3 is 1.94 bits per heavy atom. The average Bonchev–Trinajstić information content (AvgIpc) is 2.41. The van der Waals surface area contributed by atoms with Crippen LogP contribution in [0.2, 0.25) is 0 Å². The zero-order chi connectivity index (χ0) is 12.1. The van der Waals surface area contributed by atoms with Crippen LogP contribution in [0.1, 0.15) is 11.1 Å². The van der Waals surface area contributed by atoms with Gasteiger partial charge < -0.3 is 5.11 Å². The first-order valence-electron chi connectivity index (χ1n) is 4.97. The molecular weight excluding hydrogens is 214 g/mol. The Bertz CT molecular complexity index is 529. The van der Waals surface area contributed by atoms with E-state index < -0.39 is 0 Å². The molecule has 0 fully saturated rings. The third kappa shape index (κ3) is 2.29. The minimum absolute atomic E-state index is 0.342. The summed E-state index contributed by atoms with van der Waals surface area (Å²) in [4.78, 5) is 7.95. The number of hydrogen-bond acceptors (Lipinski definition) is 4. The first kappa shape index (κ1) is 10.8. The van der Waals surface area contributed by atoms with Crippen molar-refractivity contribution in [1.82, 2.24) is 9.97 Å². The van der Waals surface area contributed by atoms with Crippen molar-refractivity contribution in [1.29, 1.82) is 5.26 Å². The van der Waals surface area contributed by atoms with Gasteiger partial charge >= 0.3 is 0 Å². The van der Waals surface area contributed by atoms with Gasteiger partial charge in [-0.25, -0.2) is 0 Å². The quantitative estimate of drug-likeness (QED) is 0.482. The molecule has 0 spiro atoms. The SMILES string of the molecule is N#CC(O)=C(c1cccnc1)c1cccnc1. The van der Waals surface area contributed by atoms with E-state index in [0.717, 1.165) is 0 Å². The zero-order valence-corrected chi connectivity index (χ0v) is 8.91. The molecule has 2 aromatic rings. The van der Waals surface area contributed by atoms with Crippen molar-refractivity contribution in [3.8, 4) is 6.07 Å². The predicted molar refractivity (Wildman–Crippen MR) is 62.7 cm³/mol. The van der Waals surface area contributed by atoms with E-state index >= 15 is 0 Å². The van der Waals surface area contributed by atoms with Crippen LogP contribution in [0.3, 0.4) is 0 Å². The molecular formula is C13H9N3O. The van der Waals surface area contributed by atoms with E-state index in [2.05, 4.69) is 9.97 Å². The number of nitriles is 1. The number of aromatic nitrogens is 2. The van der Waals surface area contributed by atoms with Crippen molar-refractivity contribution >= 4 is 5.57 Å². The Labute approximate surface area is 98.5 Å². The van der Waals surface area contributed by atoms with Crippen LogP contribution in [0.15, 0.2) is 54.8 Å². The minimum Gasteiger partial charge on any atom is -0.499 e. The van der Waals surface area contributed by atoms with Gasteiger partial charge in [-0.3, -0.25) is 9.97 Å². The van der Waals surface area contributed by atoms with Crippen molar-refractivity contribution in [2.24, 2.45) is 0 Å². The van der Waals surface area contributed by atoms with Crippen LogP contribution in [-0.2, 0) is 0 Å². The van der Waals surface area contributed by atoms with Gasteiger partial charge in [-0.05, 0) is 12.1 Å². The molecule has 0 aromatic carbocycles. The molecule has 0 saturated carbocycles. The smallest absolute Gasteiger partial charge is 0.203 e. The van der Waals surface area contributed by atoms with E-state index in [0.29, 0.717) is 16.7 Å². The minimum atomic E-state index is -0.342. The topological polar surface area (TPSA) is 69.8 Å². The second-order valence-electron chi connectivity index (χ2n) is 3.32. The highest BCUT2D eigenvalue weighted by molar-refractivity contribution is 5.82. The van der Waals surface area contributed by atoms with Gasteiger partial charge in [0.1, 0.15) is 6.07 Å². The lowest BCUT2D eigenvalue weighted by atomic mass is 10.00. The van der Waals surface area contributed by atoms with E-state index in [9.17, 15) is 5.11 Å². The Hall–Kier alpha value is -2.67. The van der Waals surface area contributed by atoms with Gasteiger partial charge in [-0.2, -0.15) is 5.26 Å². The molecule has 17 heavy (non-hydrogen) atoms. The maximum atomic E-state index is 9.69. The lowest BCUT2D eigenvalue weighted by Gasteiger charge is -2.06. The van der Waals surface area contributed by atoms with Crippen LogP contribution in [0, 0.1) is 11.3 Å². The summed E-state index contributed by atoms with van der Waals surface area (Å²) < 4.78 is 0. The fraction of sp³-hybridized carbons (Fsp3) is 0. The first-order chi connectivity index (χ1) is 8.33. The van der Waals surface area contributed by atoms with Crippen molar-refractivity contribution in [3.05, 3.63) is 65.9 Å². The highest BCUT2D eigenvalue weighted by Crippen LogP contribution is 2.24. The van der Waals surface area contributed by atoms with Crippen molar-refractivity contribution < 1.29 is 5.11 Å². The zero-order valence-electron chi connectivity index (χ0n) is 8.91. The highest BCUT2D eigenvalue weighted by atomic mass is 16.3. The highest BCUT2D eigenvalue weighted by Gasteiger charge is 2.11. The Morgan fingerprint density at radius 1 is 1.06 bits per heavy atom. The summed E-state index contributed by atoms with van der Waals surface area (Å²) in [6.45, 7) is 0. The van der Waals surface area contributed by atoms with Gasteiger partial charge in [0, 0.05) is 41.5 Å². The Balaban J connectivity index is 2.61. The average molecular weight is 223 g/mol. The molecule has 0 aliphatic heterocycles. The number of rotatable bonds is 2. The van der Waals surface area contributed by atoms with E-state index in [4.69, 9.17) is 5.26 Å². The van der Waals surface area contributed by atoms with Crippen LogP contribution in [-0.4, -0.2) is 15.1 Å². The largest absolute Gasteiger partial charge is 0.499 e. The van der Waals surface area contributed by atoms with Gasteiger partial charge in [-0.15, -0.1) is 0 Å². The Kier molecular flexibility index (Phi) is 3.13. The molecule has 0 bridgehead atoms. The van der Waals surface area contributed by atoms with E-state index in [1.165, 1.54) is 0 Å². The second-order valence-corrected chi connectivity index (χ2v) is 3.32. The summed E-state index contributed by atoms with van der Waals surface area (Å²) in [7, 11) is 0. The van der Waals surface area contributed by atoms with E-state index in [1.807, 2.05) is 0 Å². The molecule has 0 atom stereocenters. The summed E-state index contributed by atoms with van der Waals surface area (Å²) in [5.74, 6) is -0.342. The summed E-state index contributed by atoms with van der Waals surface area (Å²) >= 11 is 0. The molecule has 4 heteroatoms. The molecule has 0 amide bonds. The van der Waals surface area contributed by atoms with Crippen LogP contribution < -0.4 is 0 Å². The maximum absolute atomic E-state index is 9.69. The molecule has 2 heterocycles. The fourth-order valence-corrected chi connectivity index (χ4v) is 1.52. The second kappa shape index (κ2) is 4.90. The summed E-state index contributed by atoms with van der Waals surface area (Å²) in [6.07, 6.45) is 6.45. The Morgan fingerprint density at radius 2 is 1.59 bits per heavy atom.